The van der Waals surface area contributed by atoms with Crippen LogP contribution in [-0.4, -0.2) is 4.93 Å². The van der Waals surface area contributed by atoms with Gasteiger partial charge in [-0.1, -0.05) is 330 Å². The van der Waals surface area contributed by atoms with E-state index in [1.165, 1.54) is 131 Å². The van der Waals surface area contributed by atoms with Gasteiger partial charge in [-0.3, -0.25) is 0 Å². The second-order valence-electron chi connectivity index (χ2n) is 27.9. The number of benzene rings is 20. The number of hydrogen-bond donors (Lipinski definition) is 1. The molecule has 0 radical (unpaired) electrons. The van der Waals surface area contributed by atoms with E-state index in [2.05, 4.69) is 419 Å². The summed E-state index contributed by atoms with van der Waals surface area (Å²) in [6.07, 6.45) is 0. The number of fused-ring (bicyclic) bond motifs is 18. The molecule has 2 heterocycles. The normalized spacial score (nSPS) is 11.6. The van der Waals surface area contributed by atoms with E-state index in [1.807, 2.05) is 35.3 Å². The summed E-state index contributed by atoms with van der Waals surface area (Å²) in [4.78, 5) is 4.34. The quantitative estimate of drug-likeness (QED) is 0.0888. The van der Waals surface area contributed by atoms with Crippen LogP contribution in [0.5, 0.6) is 0 Å². The zero-order chi connectivity index (χ0) is 80.3. The summed E-state index contributed by atoms with van der Waals surface area (Å²) in [5, 5.41) is 28.5. The standard InChI is InChI=1S/C52H33NO.C32H21NO.C20H13Br.CH3I.3H2/c1-3-14-40-36(12-1)32-47(44-18-7-5-16-42(40)44)34-24-28-38(29-25-34)53(49-21-11-23-51-52(49)46-20-9-10-22-50(46)54-51)39-30-26-35(27-31-39)48-33-37-13-2-4-15-41(37)43-17-6-8-19-45(43)48;1-2-9-24-22(8-1)20-28(26-11-4-3-10-25(24)26)21-16-18-23(19-17-21)33-29-13-7-15-31-32(29)27-12-5-6-14-30(27)34-31;21-16-11-9-14(10-12-16)20-13-15-5-1-2-6-17(15)18-7-3-4-8-19(18)20;1-2;;;/h1-33H;1-20,33H;1-13H;1H3;3*1H/i;;;;3*1+1D. The van der Waals surface area contributed by atoms with E-state index in [1.54, 1.807) is 0 Å². The van der Waals surface area contributed by atoms with Crippen LogP contribution >= 0.6 is 38.5 Å². The summed E-state index contributed by atoms with van der Waals surface area (Å²) in [7, 11) is 0. The molecule has 532 valence electrons. The van der Waals surface area contributed by atoms with Gasteiger partial charge in [0.05, 0.1) is 22.1 Å². The van der Waals surface area contributed by atoms with Crippen LogP contribution in [0.15, 0.2) is 414 Å². The van der Waals surface area contributed by atoms with Crippen molar-refractivity contribution in [3.63, 3.8) is 0 Å². The highest BCUT2D eigenvalue weighted by Crippen LogP contribution is 2.47. The minimum atomic E-state index is 0.872. The zero-order valence-electron chi connectivity index (χ0n) is 66.6. The first-order valence-electron chi connectivity index (χ1n) is 40.4. The molecule has 0 aliphatic carbocycles. The number of furan rings is 2. The van der Waals surface area contributed by atoms with Crippen molar-refractivity contribution in [3.05, 3.63) is 405 Å². The Bertz CT molecular complexity index is 7140. The maximum Gasteiger partial charge on any atom is 0.137 e. The van der Waals surface area contributed by atoms with Crippen LogP contribution in [0.1, 0.15) is 8.91 Å². The van der Waals surface area contributed by atoms with Gasteiger partial charge in [0.25, 0.3) is 0 Å². The number of para-hydroxylation sites is 2. The van der Waals surface area contributed by atoms with E-state index in [0.717, 1.165) is 76.8 Å². The van der Waals surface area contributed by atoms with E-state index >= 15 is 0 Å². The van der Waals surface area contributed by atoms with Gasteiger partial charge in [0, 0.05) is 41.2 Å². The topological polar surface area (TPSA) is 41.6 Å². The third kappa shape index (κ3) is 12.8. The molecule has 20 aromatic carbocycles. The van der Waals surface area contributed by atoms with Crippen LogP contribution in [0.3, 0.4) is 0 Å². The van der Waals surface area contributed by atoms with Gasteiger partial charge in [0.2, 0.25) is 0 Å². The number of alkyl halides is 1. The molecule has 4 nitrogen and oxygen atoms in total. The van der Waals surface area contributed by atoms with Crippen LogP contribution in [0, 0.1) is 0 Å². The van der Waals surface area contributed by atoms with Gasteiger partial charge < -0.3 is 19.1 Å². The molecule has 0 spiro atoms. The molecular weight excluding hydrogens is 1530 g/mol. The number of nitrogens with zero attached hydrogens (tertiary/aromatic N) is 1. The van der Waals surface area contributed by atoms with Crippen LogP contribution in [-0.2, 0) is 0 Å². The highest BCUT2D eigenvalue weighted by molar-refractivity contribution is 14.1. The number of nitrogens with one attached hydrogen (secondary N) is 1. The Morgan fingerprint density at radius 2 is 0.541 bits per heavy atom. The van der Waals surface area contributed by atoms with Crippen molar-refractivity contribution in [2.75, 3.05) is 15.1 Å². The Kier molecular flexibility index (Phi) is 17.5. The lowest BCUT2D eigenvalue weighted by Crippen LogP contribution is -2.10. The Morgan fingerprint density at radius 3 is 0.919 bits per heavy atom. The molecule has 111 heavy (non-hydrogen) atoms. The molecule has 22 rings (SSSR count). The molecule has 0 aliphatic rings. The van der Waals surface area contributed by atoms with Crippen molar-refractivity contribution in [3.8, 4) is 44.5 Å². The lowest BCUT2D eigenvalue weighted by Gasteiger charge is -2.27. The first kappa shape index (κ1) is 65.0. The van der Waals surface area contributed by atoms with Crippen LogP contribution in [0.25, 0.3) is 175 Å². The molecule has 0 aliphatic heterocycles. The lowest BCUT2D eigenvalue weighted by atomic mass is 9.93. The molecule has 0 unspecified atom stereocenters. The van der Waals surface area contributed by atoms with Gasteiger partial charge in [-0.05, 0) is 245 Å². The van der Waals surface area contributed by atoms with Crippen molar-refractivity contribution >= 4 is 197 Å². The summed E-state index contributed by atoms with van der Waals surface area (Å²) in [5.41, 5.74) is 18.7. The summed E-state index contributed by atoms with van der Waals surface area (Å²) < 4.78 is 43.5. The van der Waals surface area contributed by atoms with E-state index in [-0.39, 0.29) is 0 Å². The Balaban J connectivity index is 0.000000138. The predicted molar refractivity (Wildman–Crippen MR) is 494 cm³/mol. The summed E-state index contributed by atoms with van der Waals surface area (Å²) >= 11 is 5.66. The lowest BCUT2D eigenvalue weighted by molar-refractivity contribution is 0.668. The highest BCUT2D eigenvalue weighted by atomic mass is 127. The molecule has 1 N–H and O–H groups in total. The van der Waals surface area contributed by atoms with Gasteiger partial charge in [-0.2, -0.15) is 0 Å². The molecule has 0 saturated carbocycles. The second kappa shape index (κ2) is 29.8. The Morgan fingerprint density at radius 1 is 0.261 bits per heavy atom. The van der Waals surface area contributed by atoms with Gasteiger partial charge in [-0.25, -0.2) is 0 Å². The third-order valence-corrected chi connectivity index (χ3v) is 22.1. The van der Waals surface area contributed by atoms with E-state index in [9.17, 15) is 0 Å². The molecule has 0 fully saturated rings. The minimum Gasteiger partial charge on any atom is -0.456 e. The summed E-state index contributed by atoms with van der Waals surface area (Å²) in [6.45, 7) is 0. The molecule has 0 bridgehead atoms. The average Bonchev–Trinajstić information content (AvgIpc) is 1.62. The van der Waals surface area contributed by atoms with E-state index < -0.39 is 0 Å². The van der Waals surface area contributed by atoms with Gasteiger partial charge in [-0.15, -0.1) is 0 Å². The van der Waals surface area contributed by atoms with Crippen molar-refractivity contribution in [2.45, 2.75) is 0 Å². The Hall–Kier alpha value is -13.1. The maximum atomic E-state index is 6.39. The highest BCUT2D eigenvalue weighted by Gasteiger charge is 2.22. The molecular formula is C105H76BrIN2O2. The maximum absolute atomic E-state index is 6.39. The smallest absolute Gasteiger partial charge is 0.137 e. The monoisotopic (exact) mass is 1610 g/mol. The fourth-order valence-corrected chi connectivity index (χ4v) is 16.8. The minimum absolute atomic E-state index is 0.872. The van der Waals surface area contributed by atoms with Crippen LogP contribution in [0.4, 0.5) is 28.4 Å². The average molecular weight is 1610 g/mol. The number of anilines is 5. The van der Waals surface area contributed by atoms with Crippen molar-refractivity contribution in [2.24, 2.45) is 0 Å². The van der Waals surface area contributed by atoms with E-state index in [0.29, 0.717) is 0 Å². The number of rotatable bonds is 9. The fourth-order valence-electron chi connectivity index (χ4n) is 16.5. The first-order chi connectivity index (χ1) is 58.0. The summed E-state index contributed by atoms with van der Waals surface area (Å²) in [6, 6.07) is 143. The number of halogens is 2. The molecule has 0 saturated heterocycles. The SMILES string of the molecule is Brc1ccc(-c2cc3ccccc3c3ccccc23)cc1.CI.[2H][2H].[2H][2H].[2H][2H].c1ccc2c(c1)cc(-c1ccc(N(c3ccc(-c4cc5ccccc5c5ccccc45)cc3)c3cccc4oc5ccccc5c34)cc1)c1ccccc12.c1ccc2c(c1)cc(-c1ccc(Nc3cccc4oc5ccccc5c34)cc1)c1ccccc12. The molecule has 22 aromatic rings. The predicted octanol–water partition coefficient (Wildman–Crippen LogP) is 32.5. The molecule has 0 atom stereocenters. The number of hydrogen-bond acceptors (Lipinski definition) is 4. The van der Waals surface area contributed by atoms with Gasteiger partial charge in [0.15, 0.2) is 0 Å². The van der Waals surface area contributed by atoms with Crippen molar-refractivity contribution < 1.29 is 17.7 Å². The first-order valence-corrected chi connectivity index (χ1v) is 40.4. The Labute approximate surface area is 674 Å². The molecule has 0 amide bonds. The zero-order valence-corrected chi connectivity index (χ0v) is 64.4. The largest absolute Gasteiger partial charge is 0.456 e. The third-order valence-electron chi connectivity index (χ3n) is 21.6. The van der Waals surface area contributed by atoms with Crippen LogP contribution < -0.4 is 10.2 Å². The van der Waals surface area contributed by atoms with E-state index in [4.69, 9.17) is 17.7 Å². The van der Waals surface area contributed by atoms with Crippen molar-refractivity contribution in [1.29, 1.82) is 0 Å². The second-order valence-corrected chi connectivity index (χ2v) is 28.8. The fraction of sp³-hybridized carbons (Fsp3) is 0.00952. The van der Waals surface area contributed by atoms with Crippen molar-refractivity contribution in [1.82, 2.24) is 0 Å². The molecule has 6 heteroatoms. The molecule has 2 aromatic heterocycles. The van der Waals surface area contributed by atoms with Gasteiger partial charge in [0.1, 0.15) is 22.3 Å². The summed E-state index contributed by atoms with van der Waals surface area (Å²) in [5.74, 6) is 0. The van der Waals surface area contributed by atoms with Gasteiger partial charge >= 0.3 is 0 Å². The van der Waals surface area contributed by atoms with Crippen LogP contribution in [0.2, 0.25) is 0 Å².